The Hall–Kier alpha value is -4.34. The number of halogens is 2. The third-order valence-corrected chi connectivity index (χ3v) is 10.0. The Kier molecular flexibility index (Phi) is 13.6. The normalized spacial score (nSPS) is 24.8. The van der Waals surface area contributed by atoms with E-state index in [1.165, 1.54) is 24.3 Å². The van der Waals surface area contributed by atoms with Gasteiger partial charge in [-0.15, -0.1) is 0 Å². The Labute approximate surface area is 329 Å². The lowest BCUT2D eigenvalue weighted by Gasteiger charge is -2.35. The smallest absolute Gasteiger partial charge is 0.412 e. The lowest BCUT2D eigenvalue weighted by atomic mass is 10.2. The minimum Gasteiger partial charge on any atom is -0.444 e. The van der Waals surface area contributed by atoms with Crippen LogP contribution in [0.2, 0.25) is 0 Å². The first-order valence-electron chi connectivity index (χ1n) is 19.4. The summed E-state index contributed by atoms with van der Waals surface area (Å²) in [4.78, 5) is 55.4. The summed E-state index contributed by atoms with van der Waals surface area (Å²) in [6.45, 7) is 19.0. The molecule has 4 amide bonds. The average molecular weight is 785 g/mol. The molecule has 5 aliphatic rings. The van der Waals surface area contributed by atoms with Crippen LogP contribution in [0.4, 0.5) is 18.4 Å². The number of hydrogen-bond donors (Lipinski definition) is 2. The highest BCUT2D eigenvalue weighted by Gasteiger charge is 2.49. The number of likely N-dealkylation sites (tertiary alicyclic amines) is 3. The lowest BCUT2D eigenvalue weighted by Crippen LogP contribution is -2.53. The largest absolute Gasteiger partial charge is 0.444 e. The summed E-state index contributed by atoms with van der Waals surface area (Å²) in [6, 6.07) is 13.1. The molecule has 308 valence electrons. The molecule has 4 bridgehead atoms. The molecule has 5 saturated heterocycles. The summed E-state index contributed by atoms with van der Waals surface area (Å²) in [5, 5.41) is 5.99. The van der Waals surface area contributed by atoms with Crippen LogP contribution in [0.3, 0.4) is 0 Å². The molecule has 0 spiro atoms. The molecule has 5 fully saturated rings. The van der Waals surface area contributed by atoms with Gasteiger partial charge in [0, 0.05) is 50.8 Å². The van der Waals surface area contributed by atoms with Crippen LogP contribution in [0.5, 0.6) is 0 Å². The quantitative estimate of drug-likeness (QED) is 0.397. The second-order valence-corrected chi connectivity index (χ2v) is 17.2. The minimum absolute atomic E-state index is 0.00133. The molecule has 0 aliphatic carbocycles. The van der Waals surface area contributed by atoms with E-state index in [1.807, 2.05) is 77.3 Å². The summed E-state index contributed by atoms with van der Waals surface area (Å²) >= 11 is 0. The summed E-state index contributed by atoms with van der Waals surface area (Å²) in [5.74, 6) is -0.291. The van der Waals surface area contributed by atoms with Gasteiger partial charge in [0.05, 0.1) is 24.7 Å². The van der Waals surface area contributed by atoms with Crippen molar-refractivity contribution in [2.75, 3.05) is 33.0 Å². The number of ether oxygens (including phenoxy) is 3. The summed E-state index contributed by atoms with van der Waals surface area (Å²) < 4.78 is 42.0. The molecule has 5 heterocycles. The standard InChI is InChI=1S/C20H28FN3O3.C12H13FN2O.C9H17NO3/c1-13(22-19(26)27-20(2,3)4)10-23-12-16-9-17(23)18(25)24(16)11-14-6-5-7-15(21)8-14;13-9-3-1-2-8(4-9)7-15-10-5-11(12(15)16)14-6-10;1-7-5-12-6-10(7)8(11)13-9(2,3)4/h5-8,13,16-17H,9-12H2,1-4H3,(H,22,26);1-4,10-11,14H,5-7H2;7H,5-6H2,1-4H3/t13-,16?,17-;10-,11?;7-/m011/s1. The SMILES string of the molecule is C[C@@H](CN1CC2C[C@H]1C(=O)N2Cc1cccc(F)c1)NC(=O)OC(C)(C)C.C[C@@H]1COCN1C(=O)OC(C)(C)C.O=C1C2C[C@H](CN2)N1Cc1cccc(F)c1. The van der Waals surface area contributed by atoms with E-state index in [0.717, 1.165) is 37.1 Å². The first-order valence-corrected chi connectivity index (χ1v) is 19.4. The third-order valence-electron chi connectivity index (χ3n) is 10.0. The van der Waals surface area contributed by atoms with E-state index in [9.17, 15) is 28.0 Å². The summed E-state index contributed by atoms with van der Waals surface area (Å²) in [6.07, 6.45) is 0.942. The highest BCUT2D eigenvalue weighted by Crippen LogP contribution is 2.33. The highest BCUT2D eigenvalue weighted by atomic mass is 19.1. The molecule has 2 unspecified atom stereocenters. The van der Waals surface area contributed by atoms with Crippen molar-refractivity contribution in [3.63, 3.8) is 0 Å². The fourth-order valence-electron chi connectivity index (χ4n) is 7.53. The van der Waals surface area contributed by atoms with Gasteiger partial charge in [0.2, 0.25) is 11.8 Å². The predicted octanol–water partition coefficient (Wildman–Crippen LogP) is 5.02. The summed E-state index contributed by atoms with van der Waals surface area (Å²) in [7, 11) is 0. The number of nitrogens with one attached hydrogen (secondary N) is 2. The van der Waals surface area contributed by atoms with E-state index >= 15 is 0 Å². The maximum absolute atomic E-state index is 13.4. The van der Waals surface area contributed by atoms with Gasteiger partial charge in [-0.25, -0.2) is 18.4 Å². The van der Waals surface area contributed by atoms with Gasteiger partial charge in [-0.1, -0.05) is 24.3 Å². The molecule has 0 saturated carbocycles. The van der Waals surface area contributed by atoms with Gasteiger partial charge in [0.25, 0.3) is 0 Å². The maximum atomic E-state index is 13.4. The van der Waals surface area contributed by atoms with Crippen LogP contribution in [0.1, 0.15) is 79.4 Å². The van der Waals surface area contributed by atoms with E-state index in [4.69, 9.17) is 14.2 Å². The third kappa shape index (κ3) is 11.6. The Morgan fingerprint density at radius 3 is 1.96 bits per heavy atom. The molecule has 0 aromatic heterocycles. The maximum Gasteiger partial charge on any atom is 0.412 e. The minimum atomic E-state index is -0.538. The predicted molar refractivity (Wildman–Crippen MR) is 205 cm³/mol. The number of amides is 4. The fourth-order valence-corrected chi connectivity index (χ4v) is 7.53. The van der Waals surface area contributed by atoms with Crippen molar-refractivity contribution in [2.45, 2.75) is 129 Å². The molecular formula is C41H58F2N6O7. The molecule has 0 radical (unpaired) electrons. The van der Waals surface area contributed by atoms with Crippen molar-refractivity contribution in [3.8, 4) is 0 Å². The Morgan fingerprint density at radius 2 is 1.48 bits per heavy atom. The fraction of sp³-hybridized carbons (Fsp3) is 0.610. The van der Waals surface area contributed by atoms with Gasteiger partial charge in [-0.2, -0.15) is 0 Å². The highest BCUT2D eigenvalue weighted by molar-refractivity contribution is 5.86. The van der Waals surface area contributed by atoms with Crippen molar-refractivity contribution >= 4 is 24.0 Å². The molecule has 2 aromatic carbocycles. The lowest BCUT2D eigenvalue weighted by molar-refractivity contribution is -0.137. The van der Waals surface area contributed by atoms with Gasteiger partial charge in [0.15, 0.2) is 0 Å². The van der Waals surface area contributed by atoms with E-state index in [1.54, 1.807) is 17.0 Å². The van der Waals surface area contributed by atoms with Crippen LogP contribution >= 0.6 is 0 Å². The van der Waals surface area contributed by atoms with Gasteiger partial charge < -0.3 is 34.6 Å². The Morgan fingerprint density at radius 1 is 0.893 bits per heavy atom. The van der Waals surface area contributed by atoms with E-state index in [2.05, 4.69) is 15.5 Å². The van der Waals surface area contributed by atoms with Crippen LogP contribution in [-0.4, -0.2) is 124 Å². The van der Waals surface area contributed by atoms with E-state index in [-0.39, 0.29) is 59.8 Å². The number of alkyl carbamates (subject to hydrolysis) is 1. The van der Waals surface area contributed by atoms with Crippen LogP contribution in [0.25, 0.3) is 0 Å². The van der Waals surface area contributed by atoms with E-state index in [0.29, 0.717) is 39.0 Å². The average Bonchev–Trinajstić information content (AvgIpc) is 3.91. The number of rotatable bonds is 7. The van der Waals surface area contributed by atoms with Gasteiger partial charge in [-0.05, 0) is 104 Å². The molecular weight excluding hydrogens is 726 g/mol. The van der Waals surface area contributed by atoms with Crippen molar-refractivity contribution in [2.24, 2.45) is 0 Å². The number of benzene rings is 2. The zero-order valence-corrected chi connectivity index (χ0v) is 33.8. The first kappa shape index (κ1) is 42.8. The van der Waals surface area contributed by atoms with Crippen molar-refractivity contribution in [1.29, 1.82) is 0 Å². The van der Waals surface area contributed by atoms with Gasteiger partial charge in [-0.3, -0.25) is 19.4 Å². The van der Waals surface area contributed by atoms with Gasteiger partial charge in [0.1, 0.15) is 29.6 Å². The molecule has 13 nitrogen and oxygen atoms in total. The second kappa shape index (κ2) is 17.9. The molecule has 15 heteroatoms. The number of hydrogen-bond acceptors (Lipinski definition) is 9. The first-order chi connectivity index (χ1) is 26.3. The molecule has 6 atom stereocenters. The molecule has 7 rings (SSSR count). The van der Waals surface area contributed by atoms with Crippen LogP contribution in [0.15, 0.2) is 48.5 Å². The molecule has 56 heavy (non-hydrogen) atoms. The molecule has 2 N–H and O–H groups in total. The van der Waals surface area contributed by atoms with Crippen LogP contribution in [0, 0.1) is 11.6 Å². The van der Waals surface area contributed by atoms with Crippen molar-refractivity contribution in [1.82, 2.24) is 30.2 Å². The van der Waals surface area contributed by atoms with Crippen molar-refractivity contribution in [3.05, 3.63) is 71.3 Å². The molecule has 2 aromatic rings. The number of piperazine rings is 2. The number of fused-ring (bicyclic) bond motifs is 4. The van der Waals surface area contributed by atoms with E-state index < -0.39 is 17.3 Å². The van der Waals surface area contributed by atoms with Gasteiger partial charge >= 0.3 is 12.2 Å². The Bertz CT molecular complexity index is 1720. The van der Waals surface area contributed by atoms with Crippen LogP contribution < -0.4 is 10.6 Å². The zero-order chi connectivity index (χ0) is 40.9. The summed E-state index contributed by atoms with van der Waals surface area (Å²) in [5.41, 5.74) is 0.701. The number of carbonyl (C=O) groups excluding carboxylic acids is 4. The number of nitrogens with zero attached hydrogens (tertiary/aromatic N) is 4. The monoisotopic (exact) mass is 784 g/mol. The second-order valence-electron chi connectivity index (χ2n) is 17.2. The Balaban J connectivity index is 0.000000175. The van der Waals surface area contributed by atoms with Crippen molar-refractivity contribution < 1.29 is 42.2 Å². The number of carbonyl (C=O) groups is 4. The zero-order valence-electron chi connectivity index (χ0n) is 33.8. The molecule has 5 aliphatic heterocycles. The topological polar surface area (TPSA) is 133 Å². The van der Waals surface area contributed by atoms with Crippen LogP contribution in [-0.2, 0) is 36.9 Å².